The lowest BCUT2D eigenvalue weighted by Crippen LogP contribution is -2.60. The molecule has 0 saturated heterocycles. The summed E-state index contributed by atoms with van der Waals surface area (Å²) in [4.78, 5) is 0. The molecule has 184 valence electrons. The molecule has 0 unspecified atom stereocenters. The summed E-state index contributed by atoms with van der Waals surface area (Å²) in [7, 11) is 0. The number of hydrogen-bond donors (Lipinski definition) is 0. The summed E-state index contributed by atoms with van der Waals surface area (Å²) in [6, 6.07) is 0. The van der Waals surface area contributed by atoms with Gasteiger partial charge in [-0.15, -0.1) is 0 Å². The van der Waals surface area contributed by atoms with Crippen LogP contribution in [0.4, 0.5) is 39.5 Å². The lowest BCUT2D eigenvalue weighted by molar-refractivity contribution is -0.397. The average molecular weight is 468 g/mol. The second-order valence-electron chi connectivity index (χ2n) is 9.59. The molecule has 2 aliphatic carbocycles. The van der Waals surface area contributed by atoms with Crippen molar-refractivity contribution in [2.45, 2.75) is 114 Å². The Morgan fingerprint density at radius 1 is 0.581 bits per heavy atom. The highest BCUT2D eigenvalue weighted by Crippen LogP contribution is 2.55. The van der Waals surface area contributed by atoms with E-state index in [1.54, 1.807) is 0 Å². The molecule has 31 heavy (non-hydrogen) atoms. The standard InChI is InChI=1S/C22H33F9/c1-2-3-4-15-5-9-17(10-6-15)18-11-7-16(8-12-18)13-14-19(23,24)20(25,26)21(27,28)22(29,30)31/h15-18H,2-14H2,1H3/t15-,16?,17-,18?. The predicted molar refractivity (Wildman–Crippen MR) is 101 cm³/mol. The molecule has 2 fully saturated rings. The van der Waals surface area contributed by atoms with Crippen LogP contribution in [-0.4, -0.2) is 23.9 Å². The van der Waals surface area contributed by atoms with Crippen LogP contribution in [0.15, 0.2) is 0 Å². The van der Waals surface area contributed by atoms with Crippen LogP contribution in [0.25, 0.3) is 0 Å². The molecule has 0 aromatic carbocycles. The van der Waals surface area contributed by atoms with Crippen molar-refractivity contribution in [3.05, 3.63) is 0 Å². The molecule has 0 bridgehead atoms. The maximum Gasteiger partial charge on any atom is 0.460 e. The Hall–Kier alpha value is -0.630. The van der Waals surface area contributed by atoms with E-state index in [2.05, 4.69) is 6.92 Å². The van der Waals surface area contributed by atoms with Crippen LogP contribution in [0, 0.1) is 23.7 Å². The largest absolute Gasteiger partial charge is 0.460 e. The van der Waals surface area contributed by atoms with E-state index in [-0.39, 0.29) is 5.92 Å². The molecule has 0 aromatic heterocycles. The number of hydrogen-bond acceptors (Lipinski definition) is 0. The molecule has 9 heteroatoms. The fourth-order valence-electron chi connectivity index (χ4n) is 5.34. The van der Waals surface area contributed by atoms with E-state index in [4.69, 9.17) is 0 Å². The minimum absolute atomic E-state index is 0.349. The van der Waals surface area contributed by atoms with Gasteiger partial charge >= 0.3 is 23.9 Å². The summed E-state index contributed by atoms with van der Waals surface area (Å²) < 4.78 is 117. The van der Waals surface area contributed by atoms with Crippen molar-refractivity contribution in [1.29, 1.82) is 0 Å². The van der Waals surface area contributed by atoms with Gasteiger partial charge < -0.3 is 0 Å². The van der Waals surface area contributed by atoms with Crippen LogP contribution in [-0.2, 0) is 0 Å². The first kappa shape index (κ1) is 26.6. The van der Waals surface area contributed by atoms with E-state index in [0.29, 0.717) is 24.7 Å². The molecule has 2 saturated carbocycles. The fraction of sp³-hybridized carbons (Fsp3) is 1.00. The highest BCUT2D eigenvalue weighted by Gasteiger charge is 2.81. The van der Waals surface area contributed by atoms with Crippen LogP contribution >= 0.6 is 0 Å². The van der Waals surface area contributed by atoms with Gasteiger partial charge in [-0.2, -0.15) is 39.5 Å². The van der Waals surface area contributed by atoms with Crippen molar-refractivity contribution < 1.29 is 39.5 Å². The fourth-order valence-corrected chi connectivity index (χ4v) is 5.34. The van der Waals surface area contributed by atoms with Gasteiger partial charge in [-0.05, 0) is 55.8 Å². The Kier molecular flexibility index (Phi) is 8.68. The van der Waals surface area contributed by atoms with E-state index in [0.717, 1.165) is 31.6 Å². The Morgan fingerprint density at radius 2 is 1.00 bits per heavy atom. The zero-order valence-electron chi connectivity index (χ0n) is 17.9. The molecule has 0 spiro atoms. The summed E-state index contributed by atoms with van der Waals surface area (Å²) in [5.74, 6) is -17.2. The Bertz CT molecular complexity index is 540. The van der Waals surface area contributed by atoms with E-state index in [1.165, 1.54) is 32.1 Å². The zero-order valence-corrected chi connectivity index (χ0v) is 17.9. The first-order valence-corrected chi connectivity index (χ1v) is 11.4. The molecule has 0 N–H and O–H groups in total. The Morgan fingerprint density at radius 3 is 1.39 bits per heavy atom. The van der Waals surface area contributed by atoms with E-state index in [9.17, 15) is 39.5 Å². The summed E-state index contributed by atoms with van der Waals surface area (Å²) in [5.41, 5.74) is 0. The monoisotopic (exact) mass is 468 g/mol. The first-order valence-electron chi connectivity index (χ1n) is 11.4. The van der Waals surface area contributed by atoms with Crippen molar-refractivity contribution in [2.75, 3.05) is 0 Å². The molecule has 0 radical (unpaired) electrons. The molecule has 0 nitrogen and oxygen atoms in total. The molecule has 0 amide bonds. The summed E-state index contributed by atoms with van der Waals surface area (Å²) in [5, 5.41) is 0. The van der Waals surface area contributed by atoms with Gasteiger partial charge in [0.2, 0.25) is 0 Å². The first-order chi connectivity index (χ1) is 14.2. The molecule has 2 rings (SSSR count). The van der Waals surface area contributed by atoms with Gasteiger partial charge in [0.1, 0.15) is 0 Å². The molecule has 0 aliphatic heterocycles. The van der Waals surface area contributed by atoms with Gasteiger partial charge in [0, 0.05) is 6.42 Å². The Labute approximate surface area is 178 Å². The van der Waals surface area contributed by atoms with Crippen LogP contribution in [0.1, 0.15) is 90.4 Å². The van der Waals surface area contributed by atoms with Crippen LogP contribution < -0.4 is 0 Å². The van der Waals surface area contributed by atoms with Crippen LogP contribution in [0.3, 0.4) is 0 Å². The second kappa shape index (κ2) is 10.1. The number of alkyl halides is 9. The zero-order chi connectivity index (χ0) is 23.5. The maximum absolute atomic E-state index is 13.7. The highest BCUT2D eigenvalue weighted by molar-refractivity contribution is 5.00. The maximum atomic E-state index is 13.7. The van der Waals surface area contributed by atoms with Crippen LogP contribution in [0.2, 0.25) is 0 Å². The third kappa shape index (κ3) is 6.04. The van der Waals surface area contributed by atoms with Crippen molar-refractivity contribution in [2.24, 2.45) is 23.7 Å². The topological polar surface area (TPSA) is 0 Å². The summed E-state index contributed by atoms with van der Waals surface area (Å²) in [6.07, 6.45) is 2.04. The molecule has 0 aromatic rings. The van der Waals surface area contributed by atoms with Gasteiger partial charge in [-0.25, -0.2) is 0 Å². The molecular weight excluding hydrogens is 435 g/mol. The average Bonchev–Trinajstić information content (AvgIpc) is 2.70. The number of halogens is 9. The summed E-state index contributed by atoms with van der Waals surface area (Å²) in [6.45, 7) is 2.17. The molecule has 2 aliphatic rings. The van der Waals surface area contributed by atoms with Gasteiger partial charge in [0.25, 0.3) is 0 Å². The Balaban J connectivity index is 1.80. The second-order valence-corrected chi connectivity index (χ2v) is 9.59. The van der Waals surface area contributed by atoms with Crippen molar-refractivity contribution in [3.8, 4) is 0 Å². The predicted octanol–water partition coefficient (Wildman–Crippen LogP) is 9.04. The normalized spacial score (nSPS) is 29.2. The van der Waals surface area contributed by atoms with Crippen molar-refractivity contribution in [3.63, 3.8) is 0 Å². The van der Waals surface area contributed by atoms with E-state index < -0.39 is 36.8 Å². The smallest absolute Gasteiger partial charge is 0.200 e. The number of rotatable bonds is 9. The van der Waals surface area contributed by atoms with Crippen molar-refractivity contribution in [1.82, 2.24) is 0 Å². The number of unbranched alkanes of at least 4 members (excludes halogenated alkanes) is 1. The third-order valence-electron chi connectivity index (χ3n) is 7.49. The van der Waals surface area contributed by atoms with Gasteiger partial charge in [0.05, 0.1) is 0 Å². The van der Waals surface area contributed by atoms with E-state index >= 15 is 0 Å². The molecular formula is C22H33F9. The minimum Gasteiger partial charge on any atom is -0.200 e. The van der Waals surface area contributed by atoms with Crippen molar-refractivity contribution >= 4 is 0 Å². The van der Waals surface area contributed by atoms with Crippen LogP contribution in [0.5, 0.6) is 0 Å². The quantitative estimate of drug-likeness (QED) is 0.296. The SMILES string of the molecule is CCCC[C@H]1CC[C@H](C2CCC(CCC(F)(F)C(F)(F)C(F)(F)C(F)(F)F)CC2)CC1. The lowest BCUT2D eigenvalue weighted by atomic mass is 9.68. The third-order valence-corrected chi connectivity index (χ3v) is 7.49. The van der Waals surface area contributed by atoms with Gasteiger partial charge in [-0.1, -0.05) is 51.9 Å². The lowest BCUT2D eigenvalue weighted by Gasteiger charge is -2.38. The highest BCUT2D eigenvalue weighted by atomic mass is 19.4. The molecule has 0 atom stereocenters. The minimum atomic E-state index is -6.78. The summed E-state index contributed by atoms with van der Waals surface area (Å²) >= 11 is 0. The van der Waals surface area contributed by atoms with Gasteiger partial charge in [0.15, 0.2) is 0 Å². The van der Waals surface area contributed by atoms with E-state index in [1.807, 2.05) is 0 Å². The van der Waals surface area contributed by atoms with Gasteiger partial charge in [-0.3, -0.25) is 0 Å². The molecule has 0 heterocycles.